The van der Waals surface area contributed by atoms with Crippen LogP contribution in [-0.4, -0.2) is 60.0 Å². The van der Waals surface area contributed by atoms with Gasteiger partial charge in [-0.1, -0.05) is 0 Å². The number of nitrogens with one attached hydrogen (secondary N) is 1. The molecule has 172 valence electrons. The van der Waals surface area contributed by atoms with Crippen molar-refractivity contribution in [3.05, 3.63) is 65.5 Å². The molecule has 10 heteroatoms. The Bertz CT molecular complexity index is 923. The lowest BCUT2D eigenvalue weighted by Gasteiger charge is -2.27. The summed E-state index contributed by atoms with van der Waals surface area (Å²) in [5.74, 6) is -3.53. The summed E-state index contributed by atoms with van der Waals surface area (Å²) in [6.07, 6.45) is 3.01. The van der Waals surface area contributed by atoms with Crippen molar-refractivity contribution in [3.8, 4) is 0 Å². The zero-order chi connectivity index (χ0) is 23.7. The van der Waals surface area contributed by atoms with E-state index >= 15 is 0 Å². The van der Waals surface area contributed by atoms with E-state index in [4.69, 9.17) is 10.5 Å². The number of carbonyl (C=O) groups is 3. The van der Waals surface area contributed by atoms with Gasteiger partial charge in [0, 0.05) is 25.6 Å². The standard InChI is InChI=1S/C22H26F2N4O4/c1-14(27-20(29)12-16-9-17(23)13-18(24)10-16)21(30)28(7-8-32-2)22(31)19(25)11-15-3-5-26-6-4-15/h3-6,9-10,13-14,19H,7-8,11-12,25H2,1-2H3,(H,27,29)/t14-,19?/m0/s1. The summed E-state index contributed by atoms with van der Waals surface area (Å²) >= 11 is 0. The summed E-state index contributed by atoms with van der Waals surface area (Å²) in [7, 11) is 1.42. The predicted molar refractivity (Wildman–Crippen MR) is 112 cm³/mol. The third-order valence-electron chi connectivity index (χ3n) is 4.61. The average molecular weight is 448 g/mol. The smallest absolute Gasteiger partial charge is 0.251 e. The van der Waals surface area contributed by atoms with Crippen molar-refractivity contribution >= 4 is 17.7 Å². The van der Waals surface area contributed by atoms with Gasteiger partial charge in [0.25, 0.3) is 5.91 Å². The monoisotopic (exact) mass is 448 g/mol. The third kappa shape index (κ3) is 7.47. The highest BCUT2D eigenvalue weighted by atomic mass is 19.1. The summed E-state index contributed by atoms with van der Waals surface area (Å²) in [4.78, 5) is 42.9. The predicted octanol–water partition coefficient (Wildman–Crippen LogP) is 0.979. The van der Waals surface area contributed by atoms with E-state index in [1.54, 1.807) is 24.5 Å². The number of carbonyl (C=O) groups excluding carboxylic acids is 3. The Hall–Kier alpha value is -3.24. The molecule has 0 bridgehead atoms. The fourth-order valence-corrected chi connectivity index (χ4v) is 3.06. The van der Waals surface area contributed by atoms with E-state index in [2.05, 4.69) is 10.3 Å². The summed E-state index contributed by atoms with van der Waals surface area (Å²) in [6, 6.07) is 4.12. The lowest BCUT2D eigenvalue weighted by atomic mass is 10.1. The second kappa shape index (κ2) is 12.0. The largest absolute Gasteiger partial charge is 0.383 e. The Morgan fingerprint density at radius 2 is 1.72 bits per heavy atom. The molecule has 1 unspecified atom stereocenters. The van der Waals surface area contributed by atoms with Crippen LogP contribution in [-0.2, 0) is 32.0 Å². The summed E-state index contributed by atoms with van der Waals surface area (Å²) in [5.41, 5.74) is 6.93. The van der Waals surface area contributed by atoms with Gasteiger partial charge in [-0.3, -0.25) is 24.3 Å². The first kappa shape index (κ1) is 25.0. The molecule has 0 spiro atoms. The van der Waals surface area contributed by atoms with Crippen LogP contribution in [0.5, 0.6) is 0 Å². The number of ether oxygens (including phenoxy) is 1. The van der Waals surface area contributed by atoms with Gasteiger partial charge in [-0.2, -0.15) is 0 Å². The van der Waals surface area contributed by atoms with Crippen molar-refractivity contribution in [2.45, 2.75) is 31.8 Å². The van der Waals surface area contributed by atoms with Crippen molar-refractivity contribution in [1.82, 2.24) is 15.2 Å². The normalized spacial score (nSPS) is 12.7. The number of nitrogens with two attached hydrogens (primary N) is 1. The average Bonchev–Trinajstić information content (AvgIpc) is 2.73. The number of amides is 3. The topological polar surface area (TPSA) is 115 Å². The number of imide groups is 1. The van der Waals surface area contributed by atoms with E-state index in [-0.39, 0.29) is 31.6 Å². The van der Waals surface area contributed by atoms with Crippen LogP contribution in [0.25, 0.3) is 0 Å². The second-order valence-corrected chi connectivity index (χ2v) is 7.23. The van der Waals surface area contributed by atoms with Gasteiger partial charge in [0.15, 0.2) is 0 Å². The molecule has 1 heterocycles. The second-order valence-electron chi connectivity index (χ2n) is 7.23. The van der Waals surface area contributed by atoms with Crippen LogP contribution in [0.15, 0.2) is 42.7 Å². The number of benzene rings is 1. The highest BCUT2D eigenvalue weighted by Gasteiger charge is 2.30. The van der Waals surface area contributed by atoms with E-state index in [1.165, 1.54) is 14.0 Å². The molecule has 3 N–H and O–H groups in total. The number of aromatic nitrogens is 1. The van der Waals surface area contributed by atoms with Crippen LogP contribution in [0.4, 0.5) is 8.78 Å². The molecule has 8 nitrogen and oxygen atoms in total. The molecule has 0 aliphatic heterocycles. The molecular formula is C22H26F2N4O4. The third-order valence-corrected chi connectivity index (χ3v) is 4.61. The van der Waals surface area contributed by atoms with Gasteiger partial charge in [-0.25, -0.2) is 8.78 Å². The lowest BCUT2D eigenvalue weighted by Crippen LogP contribution is -2.54. The van der Waals surface area contributed by atoms with E-state index in [1.807, 2.05) is 0 Å². The van der Waals surface area contributed by atoms with E-state index in [9.17, 15) is 23.2 Å². The molecule has 0 radical (unpaired) electrons. The molecule has 2 rings (SSSR count). The molecule has 1 aromatic carbocycles. The number of methoxy groups -OCH3 is 1. The van der Waals surface area contributed by atoms with Gasteiger partial charge in [0.1, 0.15) is 17.7 Å². The minimum absolute atomic E-state index is 0.0481. The number of hydrogen-bond acceptors (Lipinski definition) is 6. The minimum Gasteiger partial charge on any atom is -0.383 e. The molecule has 1 aromatic heterocycles. The van der Waals surface area contributed by atoms with Crippen molar-refractivity contribution in [3.63, 3.8) is 0 Å². The molecule has 2 aromatic rings. The highest BCUT2D eigenvalue weighted by Crippen LogP contribution is 2.09. The first-order chi connectivity index (χ1) is 15.2. The van der Waals surface area contributed by atoms with Gasteiger partial charge in [0.2, 0.25) is 11.8 Å². The number of rotatable bonds is 10. The number of hydrogen-bond donors (Lipinski definition) is 2. The molecule has 0 aliphatic rings. The molecule has 0 fully saturated rings. The van der Waals surface area contributed by atoms with Gasteiger partial charge in [-0.15, -0.1) is 0 Å². The van der Waals surface area contributed by atoms with E-state index in [0.717, 1.165) is 22.6 Å². The molecule has 32 heavy (non-hydrogen) atoms. The van der Waals surface area contributed by atoms with Crippen molar-refractivity contribution in [1.29, 1.82) is 0 Å². The van der Waals surface area contributed by atoms with Gasteiger partial charge < -0.3 is 15.8 Å². The Morgan fingerprint density at radius 1 is 1.09 bits per heavy atom. The first-order valence-electron chi connectivity index (χ1n) is 9.94. The molecule has 3 amide bonds. The van der Waals surface area contributed by atoms with Crippen molar-refractivity contribution in [2.75, 3.05) is 20.3 Å². The Balaban J connectivity index is 2.04. The van der Waals surface area contributed by atoms with E-state index < -0.39 is 41.4 Å². The minimum atomic E-state index is -1.07. The first-order valence-corrected chi connectivity index (χ1v) is 9.94. The van der Waals surface area contributed by atoms with Crippen LogP contribution in [0.2, 0.25) is 0 Å². The maximum Gasteiger partial charge on any atom is 0.251 e. The van der Waals surface area contributed by atoms with Crippen LogP contribution in [0.1, 0.15) is 18.1 Å². The van der Waals surface area contributed by atoms with Crippen molar-refractivity contribution in [2.24, 2.45) is 5.73 Å². The zero-order valence-electron chi connectivity index (χ0n) is 17.9. The van der Waals surface area contributed by atoms with E-state index in [0.29, 0.717) is 6.07 Å². The Morgan fingerprint density at radius 3 is 2.31 bits per heavy atom. The Labute approximate surface area is 184 Å². The van der Waals surface area contributed by atoms with Crippen molar-refractivity contribution < 1.29 is 27.9 Å². The molecule has 0 aliphatic carbocycles. The maximum atomic E-state index is 13.3. The fourth-order valence-electron chi connectivity index (χ4n) is 3.06. The maximum absolute atomic E-state index is 13.3. The number of pyridine rings is 1. The SMILES string of the molecule is COCCN(C(=O)C(N)Cc1ccncc1)C(=O)[C@H](C)NC(=O)Cc1cc(F)cc(F)c1. The highest BCUT2D eigenvalue weighted by molar-refractivity contribution is 6.01. The molecule has 2 atom stereocenters. The van der Waals surface area contributed by atoms with Crippen LogP contribution >= 0.6 is 0 Å². The fraction of sp³-hybridized carbons (Fsp3) is 0.364. The molecule has 0 saturated heterocycles. The number of halogens is 2. The molecular weight excluding hydrogens is 422 g/mol. The summed E-state index contributed by atoms with van der Waals surface area (Å²) < 4.78 is 31.6. The van der Waals surface area contributed by atoms with Crippen LogP contribution < -0.4 is 11.1 Å². The lowest BCUT2D eigenvalue weighted by molar-refractivity contribution is -0.148. The van der Waals surface area contributed by atoms with Crippen LogP contribution in [0, 0.1) is 11.6 Å². The molecule has 0 saturated carbocycles. The Kier molecular flexibility index (Phi) is 9.36. The zero-order valence-corrected chi connectivity index (χ0v) is 17.9. The van der Waals surface area contributed by atoms with Gasteiger partial charge in [0.05, 0.1) is 25.6 Å². The quantitative estimate of drug-likeness (QED) is 0.560. The van der Waals surface area contributed by atoms with Gasteiger partial charge in [-0.05, 0) is 48.7 Å². The summed E-state index contributed by atoms with van der Waals surface area (Å²) in [5, 5.41) is 2.45. The summed E-state index contributed by atoms with van der Waals surface area (Å²) in [6.45, 7) is 1.45. The number of nitrogens with zero attached hydrogens (tertiary/aromatic N) is 2. The van der Waals surface area contributed by atoms with Crippen LogP contribution in [0.3, 0.4) is 0 Å². The van der Waals surface area contributed by atoms with Gasteiger partial charge >= 0.3 is 0 Å².